The van der Waals surface area contributed by atoms with Crippen molar-refractivity contribution in [3.63, 3.8) is 0 Å². The van der Waals surface area contributed by atoms with Gasteiger partial charge in [-0.25, -0.2) is 4.98 Å². The maximum absolute atomic E-state index is 12.4. The maximum atomic E-state index is 12.4. The fourth-order valence-corrected chi connectivity index (χ4v) is 3.01. The molecular formula is C25H21N5O2. The average molecular weight is 423 g/mol. The number of hydrogen-bond donors (Lipinski definition) is 3. The molecule has 3 N–H and O–H groups in total. The minimum Gasteiger partial charge on any atom is -0.340 e. The van der Waals surface area contributed by atoms with Crippen LogP contribution in [-0.2, 0) is 0 Å². The van der Waals surface area contributed by atoms with Gasteiger partial charge in [-0.05, 0) is 61.5 Å². The highest BCUT2D eigenvalue weighted by Gasteiger charge is 2.07. The lowest BCUT2D eigenvalue weighted by molar-refractivity contribution is 0.101. The zero-order valence-corrected chi connectivity index (χ0v) is 17.4. The molecule has 7 nitrogen and oxygen atoms in total. The second-order valence-corrected chi connectivity index (χ2v) is 7.05. The van der Waals surface area contributed by atoms with Crippen molar-refractivity contribution in [3.8, 4) is 0 Å². The first-order chi connectivity index (χ1) is 15.6. The van der Waals surface area contributed by atoms with Crippen molar-refractivity contribution < 1.29 is 9.59 Å². The third-order valence-corrected chi connectivity index (χ3v) is 4.63. The Bertz CT molecular complexity index is 1240. The van der Waals surface area contributed by atoms with E-state index in [9.17, 15) is 9.59 Å². The number of aromatic nitrogens is 2. The van der Waals surface area contributed by atoms with Gasteiger partial charge in [-0.15, -0.1) is 0 Å². The van der Waals surface area contributed by atoms with Gasteiger partial charge in [0.05, 0.1) is 0 Å². The predicted molar refractivity (Wildman–Crippen MR) is 126 cm³/mol. The number of ketones is 1. The van der Waals surface area contributed by atoms with Crippen LogP contribution >= 0.6 is 0 Å². The number of benzene rings is 3. The van der Waals surface area contributed by atoms with Gasteiger partial charge < -0.3 is 16.0 Å². The molecule has 0 aliphatic rings. The van der Waals surface area contributed by atoms with Gasteiger partial charge in [0.25, 0.3) is 5.91 Å². The summed E-state index contributed by atoms with van der Waals surface area (Å²) < 4.78 is 0. The molecule has 3 aromatic carbocycles. The van der Waals surface area contributed by atoms with Gasteiger partial charge in [-0.3, -0.25) is 9.59 Å². The number of carbonyl (C=O) groups excluding carboxylic acids is 2. The molecule has 0 unspecified atom stereocenters. The van der Waals surface area contributed by atoms with Gasteiger partial charge in [0.2, 0.25) is 5.95 Å². The summed E-state index contributed by atoms with van der Waals surface area (Å²) in [5, 5.41) is 9.16. The number of Topliss-reactive ketones (excluding diaryl/α,β-unsaturated/α-hetero) is 1. The number of anilines is 5. The van der Waals surface area contributed by atoms with Crippen LogP contribution in [-0.4, -0.2) is 21.7 Å². The number of para-hydroxylation sites is 1. The summed E-state index contributed by atoms with van der Waals surface area (Å²) in [5.41, 5.74) is 3.41. The van der Waals surface area contributed by atoms with Gasteiger partial charge in [0.15, 0.2) is 5.78 Å². The van der Waals surface area contributed by atoms with E-state index in [4.69, 9.17) is 0 Å². The van der Waals surface area contributed by atoms with Crippen molar-refractivity contribution in [1.29, 1.82) is 0 Å². The van der Waals surface area contributed by atoms with E-state index in [2.05, 4.69) is 25.9 Å². The minimum absolute atomic E-state index is 0.00844. The molecule has 158 valence electrons. The Morgan fingerprint density at radius 2 is 1.47 bits per heavy atom. The quantitative estimate of drug-likeness (QED) is 0.344. The first-order valence-corrected chi connectivity index (χ1v) is 10.0. The summed E-state index contributed by atoms with van der Waals surface area (Å²) in [7, 11) is 0. The van der Waals surface area contributed by atoms with Gasteiger partial charge in [0, 0.05) is 34.4 Å². The molecule has 0 saturated heterocycles. The van der Waals surface area contributed by atoms with Gasteiger partial charge in [-0.2, -0.15) is 4.98 Å². The van der Waals surface area contributed by atoms with Crippen molar-refractivity contribution in [1.82, 2.24) is 9.97 Å². The molecule has 0 aliphatic heterocycles. The molecular weight excluding hydrogens is 402 g/mol. The Morgan fingerprint density at radius 1 is 0.719 bits per heavy atom. The second-order valence-electron chi connectivity index (χ2n) is 7.05. The zero-order chi connectivity index (χ0) is 22.3. The molecule has 1 amide bonds. The summed E-state index contributed by atoms with van der Waals surface area (Å²) in [5.74, 6) is 0.802. The van der Waals surface area contributed by atoms with Crippen molar-refractivity contribution in [3.05, 3.63) is 102 Å². The van der Waals surface area contributed by atoms with Crippen LogP contribution < -0.4 is 16.0 Å². The molecule has 4 rings (SSSR count). The molecule has 1 heterocycles. The Balaban J connectivity index is 1.41. The molecule has 32 heavy (non-hydrogen) atoms. The standard InChI is InChI=1S/C25H21N5O2/c1-17(31)19-6-5-9-22(16-19)29-25-26-15-14-23(30-25)27-21-12-10-18(11-13-21)24(32)28-20-7-3-2-4-8-20/h2-16H,1H3,(H,28,32)(H2,26,27,29,30). The highest BCUT2D eigenvalue weighted by Crippen LogP contribution is 2.19. The number of hydrogen-bond acceptors (Lipinski definition) is 6. The molecule has 0 spiro atoms. The van der Waals surface area contributed by atoms with Crippen LogP contribution in [0.3, 0.4) is 0 Å². The second kappa shape index (κ2) is 9.53. The van der Waals surface area contributed by atoms with E-state index in [0.29, 0.717) is 22.9 Å². The van der Waals surface area contributed by atoms with Crippen molar-refractivity contribution in [2.75, 3.05) is 16.0 Å². The number of carbonyl (C=O) groups is 2. The Labute approximate surface area is 185 Å². The normalized spacial score (nSPS) is 10.3. The molecule has 4 aromatic rings. The molecule has 0 radical (unpaired) electrons. The highest BCUT2D eigenvalue weighted by atomic mass is 16.1. The lowest BCUT2D eigenvalue weighted by atomic mass is 10.1. The molecule has 0 bridgehead atoms. The lowest BCUT2D eigenvalue weighted by Gasteiger charge is -2.10. The van der Waals surface area contributed by atoms with Crippen molar-refractivity contribution in [2.45, 2.75) is 6.92 Å². The monoisotopic (exact) mass is 423 g/mol. The minimum atomic E-state index is -0.177. The van der Waals surface area contributed by atoms with Crippen LogP contribution in [0.25, 0.3) is 0 Å². The molecule has 0 atom stereocenters. The van der Waals surface area contributed by atoms with Gasteiger partial charge >= 0.3 is 0 Å². The maximum Gasteiger partial charge on any atom is 0.255 e. The number of amides is 1. The average Bonchev–Trinajstić information content (AvgIpc) is 2.80. The summed E-state index contributed by atoms with van der Waals surface area (Å²) in [6, 6.07) is 25.3. The zero-order valence-electron chi connectivity index (χ0n) is 17.4. The fourth-order valence-electron chi connectivity index (χ4n) is 3.01. The summed E-state index contributed by atoms with van der Waals surface area (Å²) in [6.45, 7) is 1.52. The van der Waals surface area contributed by atoms with Crippen LogP contribution in [0.2, 0.25) is 0 Å². The van der Waals surface area contributed by atoms with Crippen LogP contribution in [0.4, 0.5) is 28.8 Å². The number of nitrogens with zero attached hydrogens (tertiary/aromatic N) is 2. The van der Waals surface area contributed by atoms with E-state index in [-0.39, 0.29) is 11.7 Å². The Kier molecular flexibility index (Phi) is 6.17. The summed E-state index contributed by atoms with van der Waals surface area (Å²) >= 11 is 0. The van der Waals surface area contributed by atoms with Crippen LogP contribution in [0.5, 0.6) is 0 Å². The molecule has 1 aromatic heterocycles. The third kappa shape index (κ3) is 5.34. The van der Waals surface area contributed by atoms with E-state index in [1.54, 1.807) is 42.6 Å². The summed E-state index contributed by atoms with van der Waals surface area (Å²) in [4.78, 5) is 32.6. The number of rotatable bonds is 7. The van der Waals surface area contributed by atoms with E-state index >= 15 is 0 Å². The first kappa shape index (κ1) is 20.7. The van der Waals surface area contributed by atoms with E-state index in [0.717, 1.165) is 17.1 Å². The Hall–Kier alpha value is -4.52. The summed E-state index contributed by atoms with van der Waals surface area (Å²) in [6.07, 6.45) is 1.63. The van der Waals surface area contributed by atoms with Gasteiger partial charge in [0.1, 0.15) is 5.82 Å². The van der Waals surface area contributed by atoms with E-state index < -0.39 is 0 Å². The molecule has 0 saturated carbocycles. The van der Waals surface area contributed by atoms with E-state index in [1.807, 2.05) is 48.5 Å². The molecule has 7 heteroatoms. The third-order valence-electron chi connectivity index (χ3n) is 4.63. The smallest absolute Gasteiger partial charge is 0.255 e. The van der Waals surface area contributed by atoms with Crippen LogP contribution in [0.15, 0.2) is 91.1 Å². The van der Waals surface area contributed by atoms with E-state index in [1.165, 1.54) is 6.92 Å². The largest absolute Gasteiger partial charge is 0.340 e. The first-order valence-electron chi connectivity index (χ1n) is 10.0. The number of nitrogens with one attached hydrogen (secondary N) is 3. The predicted octanol–water partition coefficient (Wildman–Crippen LogP) is 5.42. The highest BCUT2D eigenvalue weighted by molar-refractivity contribution is 6.04. The Morgan fingerprint density at radius 3 is 2.22 bits per heavy atom. The molecule has 0 aliphatic carbocycles. The van der Waals surface area contributed by atoms with Crippen LogP contribution in [0.1, 0.15) is 27.6 Å². The molecule has 0 fully saturated rings. The van der Waals surface area contributed by atoms with Gasteiger partial charge in [-0.1, -0.05) is 30.3 Å². The SMILES string of the molecule is CC(=O)c1cccc(Nc2nccc(Nc3ccc(C(=O)Nc4ccccc4)cc3)n2)c1. The topological polar surface area (TPSA) is 96.0 Å². The lowest BCUT2D eigenvalue weighted by Crippen LogP contribution is -2.11. The van der Waals surface area contributed by atoms with Crippen molar-refractivity contribution in [2.24, 2.45) is 0 Å². The van der Waals surface area contributed by atoms with Crippen molar-refractivity contribution >= 4 is 40.5 Å². The fraction of sp³-hybridized carbons (Fsp3) is 0.0400. The van der Waals surface area contributed by atoms with Crippen LogP contribution in [0, 0.1) is 0 Å².